The van der Waals surface area contributed by atoms with Crippen molar-refractivity contribution in [3.8, 4) is 11.5 Å². The van der Waals surface area contributed by atoms with Crippen LogP contribution in [0.3, 0.4) is 0 Å². The van der Waals surface area contributed by atoms with Crippen LogP contribution < -0.4 is 9.47 Å². The lowest BCUT2D eigenvalue weighted by Gasteiger charge is -2.14. The Kier molecular flexibility index (Phi) is 6.83. The third-order valence-electron chi connectivity index (χ3n) is 2.77. The zero-order chi connectivity index (χ0) is 15.0. The van der Waals surface area contributed by atoms with E-state index < -0.39 is 12.1 Å². The molecule has 6 nitrogen and oxygen atoms in total. The second-order valence-corrected chi connectivity index (χ2v) is 4.18. The van der Waals surface area contributed by atoms with Gasteiger partial charge < -0.3 is 24.4 Å². The summed E-state index contributed by atoms with van der Waals surface area (Å²) < 4.78 is 15.6. The lowest BCUT2D eigenvalue weighted by molar-refractivity contribution is -0.148. The molecule has 0 spiro atoms. The lowest BCUT2D eigenvalue weighted by atomic mass is 10.1. The Morgan fingerprint density at radius 2 is 2.05 bits per heavy atom. The minimum atomic E-state index is -1.00. The van der Waals surface area contributed by atoms with Crippen LogP contribution in [0.25, 0.3) is 0 Å². The molecule has 1 rings (SSSR count). The number of aliphatic carboxylic acids is 1. The van der Waals surface area contributed by atoms with E-state index in [0.29, 0.717) is 24.5 Å². The van der Waals surface area contributed by atoms with Gasteiger partial charge in [-0.25, -0.2) is 4.79 Å². The minimum Gasteiger partial charge on any atom is -0.493 e. The van der Waals surface area contributed by atoms with Gasteiger partial charge in [-0.15, -0.1) is 0 Å². The first-order valence-electron chi connectivity index (χ1n) is 6.28. The number of rotatable bonds is 9. The van der Waals surface area contributed by atoms with Gasteiger partial charge in [-0.05, 0) is 17.7 Å². The summed E-state index contributed by atoms with van der Waals surface area (Å²) in [7, 11) is 2.88. The molecule has 20 heavy (non-hydrogen) atoms. The van der Waals surface area contributed by atoms with Crippen molar-refractivity contribution in [3.05, 3.63) is 23.8 Å². The van der Waals surface area contributed by atoms with E-state index in [9.17, 15) is 4.79 Å². The highest BCUT2D eigenvalue weighted by Crippen LogP contribution is 2.28. The van der Waals surface area contributed by atoms with E-state index in [1.165, 1.54) is 14.2 Å². The zero-order valence-corrected chi connectivity index (χ0v) is 11.7. The number of benzene rings is 1. The molecule has 1 atom stereocenters. The fraction of sp³-hybridized carbons (Fsp3) is 0.500. The summed E-state index contributed by atoms with van der Waals surface area (Å²) in [6, 6.07) is 5.22. The molecule has 0 radical (unpaired) electrons. The van der Waals surface area contributed by atoms with E-state index in [0.717, 1.165) is 5.56 Å². The van der Waals surface area contributed by atoms with Gasteiger partial charge in [0.15, 0.2) is 17.6 Å². The lowest BCUT2D eigenvalue weighted by Crippen LogP contribution is -2.24. The van der Waals surface area contributed by atoms with Crippen LogP contribution in [0.5, 0.6) is 11.5 Å². The van der Waals surface area contributed by atoms with Crippen molar-refractivity contribution in [2.24, 2.45) is 0 Å². The molecule has 0 saturated carbocycles. The molecule has 0 aliphatic carbocycles. The van der Waals surface area contributed by atoms with Crippen LogP contribution in [0.1, 0.15) is 12.0 Å². The van der Waals surface area contributed by atoms with E-state index in [2.05, 4.69) is 0 Å². The standard InChI is InChI=1S/C14H20O6/c1-18-12-8-10(9-13(19-2)14(16)17)4-5-11(12)20-7-3-6-15/h4-5,8,13,15H,3,6-7,9H2,1-2H3,(H,16,17). The van der Waals surface area contributed by atoms with Crippen molar-refractivity contribution in [1.82, 2.24) is 0 Å². The summed E-state index contributed by atoms with van der Waals surface area (Å²) in [6.07, 6.45) is -0.102. The molecule has 0 amide bonds. The highest BCUT2D eigenvalue weighted by Gasteiger charge is 2.17. The van der Waals surface area contributed by atoms with Crippen molar-refractivity contribution < 1.29 is 29.2 Å². The first-order chi connectivity index (χ1) is 9.62. The normalized spacial score (nSPS) is 11.9. The van der Waals surface area contributed by atoms with Gasteiger partial charge in [0.05, 0.1) is 13.7 Å². The SMILES string of the molecule is COc1cc(CC(OC)C(=O)O)ccc1OCCCO. The molecule has 0 aliphatic heterocycles. The largest absolute Gasteiger partial charge is 0.493 e. The van der Waals surface area contributed by atoms with Gasteiger partial charge >= 0.3 is 5.97 Å². The Labute approximate surface area is 117 Å². The van der Waals surface area contributed by atoms with E-state index >= 15 is 0 Å². The quantitative estimate of drug-likeness (QED) is 0.660. The number of hydrogen-bond acceptors (Lipinski definition) is 5. The predicted octanol–water partition coefficient (Wildman–Crippen LogP) is 1.10. The van der Waals surface area contributed by atoms with Gasteiger partial charge in [0.2, 0.25) is 0 Å². The van der Waals surface area contributed by atoms with Crippen LogP contribution in [0, 0.1) is 0 Å². The Balaban J connectivity index is 2.78. The highest BCUT2D eigenvalue weighted by molar-refractivity contribution is 5.72. The molecule has 112 valence electrons. The monoisotopic (exact) mass is 284 g/mol. The summed E-state index contributed by atoms with van der Waals surface area (Å²) in [5.74, 6) is 0.0874. The maximum atomic E-state index is 10.9. The van der Waals surface area contributed by atoms with Crippen molar-refractivity contribution in [2.75, 3.05) is 27.4 Å². The summed E-state index contributed by atoms with van der Waals surface area (Å²) >= 11 is 0. The van der Waals surface area contributed by atoms with Crippen LogP contribution in [0.15, 0.2) is 18.2 Å². The van der Waals surface area contributed by atoms with E-state index in [-0.39, 0.29) is 13.0 Å². The first-order valence-corrected chi connectivity index (χ1v) is 6.28. The minimum absolute atomic E-state index is 0.0640. The van der Waals surface area contributed by atoms with Gasteiger partial charge in [-0.3, -0.25) is 0 Å². The van der Waals surface area contributed by atoms with Crippen molar-refractivity contribution in [1.29, 1.82) is 0 Å². The Morgan fingerprint density at radius 3 is 2.60 bits per heavy atom. The number of aliphatic hydroxyl groups is 1. The summed E-state index contributed by atoms with van der Waals surface area (Å²) in [6.45, 7) is 0.455. The van der Waals surface area contributed by atoms with Crippen molar-refractivity contribution >= 4 is 5.97 Å². The molecule has 0 aliphatic rings. The van der Waals surface area contributed by atoms with Gasteiger partial charge in [-0.2, -0.15) is 0 Å². The van der Waals surface area contributed by atoms with Gasteiger partial charge in [0.1, 0.15) is 0 Å². The molecule has 0 heterocycles. The highest BCUT2D eigenvalue weighted by atomic mass is 16.5. The molecular formula is C14H20O6. The second-order valence-electron chi connectivity index (χ2n) is 4.18. The molecular weight excluding hydrogens is 264 g/mol. The smallest absolute Gasteiger partial charge is 0.333 e. The molecule has 0 fully saturated rings. The van der Waals surface area contributed by atoms with E-state index in [4.69, 9.17) is 24.4 Å². The Hall–Kier alpha value is -1.79. The summed E-state index contributed by atoms with van der Waals surface area (Å²) in [5, 5.41) is 17.7. The van der Waals surface area contributed by atoms with Crippen LogP contribution in [0.2, 0.25) is 0 Å². The van der Waals surface area contributed by atoms with Gasteiger partial charge in [0.25, 0.3) is 0 Å². The maximum Gasteiger partial charge on any atom is 0.333 e. The molecule has 1 aromatic rings. The number of hydrogen-bond donors (Lipinski definition) is 2. The number of methoxy groups -OCH3 is 2. The molecule has 2 N–H and O–H groups in total. The topological polar surface area (TPSA) is 85.2 Å². The summed E-state index contributed by atoms with van der Waals surface area (Å²) in [4.78, 5) is 10.9. The second kappa shape index (κ2) is 8.39. The number of aliphatic hydroxyl groups excluding tert-OH is 1. The molecule has 1 unspecified atom stereocenters. The van der Waals surface area contributed by atoms with Crippen LogP contribution in [-0.4, -0.2) is 49.7 Å². The number of carboxylic acid groups (broad SMARTS) is 1. The van der Waals surface area contributed by atoms with Crippen molar-refractivity contribution in [3.63, 3.8) is 0 Å². The molecule has 0 bridgehead atoms. The number of ether oxygens (including phenoxy) is 3. The third-order valence-corrected chi connectivity index (χ3v) is 2.77. The molecule has 0 aromatic heterocycles. The van der Waals surface area contributed by atoms with E-state index in [1.807, 2.05) is 0 Å². The number of carboxylic acids is 1. The third kappa shape index (κ3) is 4.71. The van der Waals surface area contributed by atoms with Gasteiger partial charge in [0, 0.05) is 26.6 Å². The Bertz CT molecular complexity index is 432. The molecule has 1 aromatic carbocycles. The fourth-order valence-corrected chi connectivity index (χ4v) is 1.69. The molecule has 6 heteroatoms. The molecule has 0 saturated heterocycles. The van der Waals surface area contributed by atoms with Crippen molar-refractivity contribution in [2.45, 2.75) is 18.9 Å². The Morgan fingerprint density at radius 1 is 1.30 bits per heavy atom. The fourth-order valence-electron chi connectivity index (χ4n) is 1.69. The van der Waals surface area contributed by atoms with Crippen LogP contribution in [-0.2, 0) is 16.0 Å². The zero-order valence-electron chi connectivity index (χ0n) is 11.7. The first kappa shape index (κ1) is 16.3. The number of carbonyl (C=O) groups is 1. The predicted molar refractivity (Wildman–Crippen MR) is 72.3 cm³/mol. The van der Waals surface area contributed by atoms with Crippen LogP contribution in [0.4, 0.5) is 0 Å². The average molecular weight is 284 g/mol. The van der Waals surface area contributed by atoms with E-state index in [1.54, 1.807) is 18.2 Å². The van der Waals surface area contributed by atoms with Gasteiger partial charge in [-0.1, -0.05) is 6.07 Å². The maximum absolute atomic E-state index is 10.9. The van der Waals surface area contributed by atoms with Crippen LogP contribution >= 0.6 is 0 Å². The summed E-state index contributed by atoms with van der Waals surface area (Å²) in [5.41, 5.74) is 0.783. The average Bonchev–Trinajstić information content (AvgIpc) is 2.45.